The van der Waals surface area contributed by atoms with E-state index in [9.17, 15) is 0 Å². The summed E-state index contributed by atoms with van der Waals surface area (Å²) in [7, 11) is 2.10. The zero-order valence-electron chi connectivity index (χ0n) is 12.2. The Morgan fingerprint density at radius 3 is 3.14 bits per heavy atom. The lowest BCUT2D eigenvalue weighted by molar-refractivity contribution is 0.454. The third kappa shape index (κ3) is 2.28. The number of hydrogen-bond donors (Lipinski definition) is 1. The van der Waals surface area contributed by atoms with Gasteiger partial charge in [0.1, 0.15) is 5.82 Å². The number of nitrogens with zero attached hydrogens (tertiary/aromatic N) is 2. The van der Waals surface area contributed by atoms with Gasteiger partial charge in [-0.25, -0.2) is 4.98 Å². The Kier molecular flexibility index (Phi) is 3.28. The summed E-state index contributed by atoms with van der Waals surface area (Å²) in [5, 5.41) is 5.93. The molecule has 4 heteroatoms. The van der Waals surface area contributed by atoms with Gasteiger partial charge in [0.2, 0.25) is 0 Å². The molecule has 2 aromatic heterocycles. The van der Waals surface area contributed by atoms with Crippen molar-refractivity contribution < 1.29 is 0 Å². The molecule has 3 nitrogen and oxygen atoms in total. The molecule has 108 valence electrons. The van der Waals surface area contributed by atoms with Crippen LogP contribution in [0.3, 0.4) is 0 Å². The van der Waals surface area contributed by atoms with E-state index in [-0.39, 0.29) is 0 Å². The second-order valence-electron chi connectivity index (χ2n) is 5.70. The largest absolute Gasteiger partial charge is 0.330 e. The van der Waals surface area contributed by atoms with Crippen molar-refractivity contribution >= 4 is 22.4 Å². The van der Waals surface area contributed by atoms with E-state index in [1.807, 2.05) is 17.4 Å². The van der Waals surface area contributed by atoms with Crippen molar-refractivity contribution in [1.29, 1.82) is 0 Å². The third-order valence-corrected chi connectivity index (χ3v) is 5.43. The lowest BCUT2D eigenvalue weighted by Gasteiger charge is -2.23. The molecule has 0 bridgehead atoms. The van der Waals surface area contributed by atoms with Crippen LogP contribution in [0.15, 0.2) is 35.7 Å². The van der Waals surface area contributed by atoms with E-state index in [1.54, 1.807) is 4.88 Å². The van der Waals surface area contributed by atoms with E-state index < -0.39 is 0 Å². The van der Waals surface area contributed by atoms with Crippen molar-refractivity contribution in [2.45, 2.75) is 31.8 Å². The van der Waals surface area contributed by atoms with Crippen LogP contribution in [0.2, 0.25) is 0 Å². The first-order valence-corrected chi connectivity index (χ1v) is 8.41. The number of benzene rings is 1. The number of fused-ring (bicyclic) bond motifs is 2. The van der Waals surface area contributed by atoms with Crippen molar-refractivity contribution in [3.8, 4) is 0 Å². The van der Waals surface area contributed by atoms with Crippen molar-refractivity contribution in [1.82, 2.24) is 14.9 Å². The predicted octanol–water partition coefficient (Wildman–Crippen LogP) is 3.80. The Labute approximate surface area is 128 Å². The molecule has 3 aromatic rings. The van der Waals surface area contributed by atoms with Gasteiger partial charge < -0.3 is 9.88 Å². The highest BCUT2D eigenvalue weighted by Gasteiger charge is 2.21. The smallest absolute Gasteiger partial charge is 0.123 e. The van der Waals surface area contributed by atoms with Gasteiger partial charge in [0.05, 0.1) is 17.6 Å². The zero-order chi connectivity index (χ0) is 14.2. The molecule has 0 radical (unpaired) electrons. The van der Waals surface area contributed by atoms with Crippen LogP contribution in [-0.4, -0.2) is 9.55 Å². The minimum absolute atomic E-state index is 0.486. The lowest BCUT2D eigenvalue weighted by atomic mass is 9.94. The molecule has 0 saturated heterocycles. The first-order chi connectivity index (χ1) is 10.3. The third-order valence-electron chi connectivity index (χ3n) is 4.44. The van der Waals surface area contributed by atoms with Crippen molar-refractivity contribution in [3.05, 3.63) is 52.0 Å². The standard InChI is InChI=1S/C17H19N3S/c1-20-15-7-3-2-5-14(15)19-17(20)11-18-13-6-4-8-16-12(13)9-10-21-16/h2-3,5,7,9-10,13,18H,4,6,8,11H2,1H3. The summed E-state index contributed by atoms with van der Waals surface area (Å²) >= 11 is 1.90. The predicted molar refractivity (Wildman–Crippen MR) is 87.6 cm³/mol. The molecule has 2 heterocycles. The molecule has 1 aliphatic carbocycles. The Morgan fingerprint density at radius 1 is 1.33 bits per heavy atom. The number of hydrogen-bond acceptors (Lipinski definition) is 3. The van der Waals surface area contributed by atoms with E-state index in [4.69, 9.17) is 4.98 Å². The summed E-state index contributed by atoms with van der Waals surface area (Å²) < 4.78 is 2.19. The highest BCUT2D eigenvalue weighted by atomic mass is 32.1. The van der Waals surface area contributed by atoms with E-state index in [0.717, 1.165) is 17.9 Å². The van der Waals surface area contributed by atoms with Crippen LogP contribution in [-0.2, 0) is 20.0 Å². The maximum absolute atomic E-state index is 4.74. The lowest BCUT2D eigenvalue weighted by Crippen LogP contribution is -2.25. The maximum atomic E-state index is 4.74. The molecule has 1 N–H and O–H groups in total. The Balaban J connectivity index is 1.56. The van der Waals surface area contributed by atoms with Crippen LogP contribution >= 0.6 is 11.3 Å². The number of nitrogens with one attached hydrogen (secondary N) is 1. The summed E-state index contributed by atoms with van der Waals surface area (Å²) in [5.41, 5.74) is 3.79. The SMILES string of the molecule is Cn1c(CNC2CCCc3sccc32)nc2ccccc21. The Bertz CT molecular complexity index is 771. The minimum atomic E-state index is 0.486. The molecule has 0 fully saturated rings. The first kappa shape index (κ1) is 13.0. The van der Waals surface area contributed by atoms with Crippen LogP contribution in [0, 0.1) is 0 Å². The molecule has 4 rings (SSSR count). The fraction of sp³-hybridized carbons (Fsp3) is 0.353. The van der Waals surface area contributed by atoms with Crippen molar-refractivity contribution in [3.63, 3.8) is 0 Å². The van der Waals surface area contributed by atoms with E-state index >= 15 is 0 Å². The van der Waals surface area contributed by atoms with Crippen LogP contribution in [0.5, 0.6) is 0 Å². The van der Waals surface area contributed by atoms with Crippen LogP contribution in [0.1, 0.15) is 35.1 Å². The summed E-state index contributed by atoms with van der Waals surface area (Å²) in [6.45, 7) is 0.825. The van der Waals surface area contributed by atoms with Gasteiger partial charge in [-0.15, -0.1) is 11.3 Å². The normalized spacial score (nSPS) is 18.0. The van der Waals surface area contributed by atoms with Crippen LogP contribution in [0.4, 0.5) is 0 Å². The molecule has 0 spiro atoms. The molecule has 21 heavy (non-hydrogen) atoms. The van der Waals surface area contributed by atoms with Gasteiger partial charge in [0.25, 0.3) is 0 Å². The Hall–Kier alpha value is -1.65. The molecule has 1 unspecified atom stereocenters. The van der Waals surface area contributed by atoms with Gasteiger partial charge in [-0.05, 0) is 48.4 Å². The fourth-order valence-corrected chi connectivity index (χ4v) is 4.25. The van der Waals surface area contributed by atoms with Gasteiger partial charge in [0, 0.05) is 18.0 Å². The number of para-hydroxylation sites is 2. The van der Waals surface area contributed by atoms with Gasteiger partial charge in [-0.1, -0.05) is 12.1 Å². The average molecular weight is 297 g/mol. The summed E-state index contributed by atoms with van der Waals surface area (Å²) in [6.07, 6.45) is 3.76. The quantitative estimate of drug-likeness (QED) is 0.797. The van der Waals surface area contributed by atoms with Gasteiger partial charge >= 0.3 is 0 Å². The first-order valence-electron chi connectivity index (χ1n) is 7.53. The highest BCUT2D eigenvalue weighted by Crippen LogP contribution is 2.33. The molecule has 1 aromatic carbocycles. The highest BCUT2D eigenvalue weighted by molar-refractivity contribution is 7.10. The molecule has 0 amide bonds. The number of thiophene rings is 1. The zero-order valence-corrected chi connectivity index (χ0v) is 13.0. The van der Waals surface area contributed by atoms with E-state index in [1.165, 1.54) is 30.3 Å². The average Bonchev–Trinajstić information content (AvgIpc) is 3.11. The van der Waals surface area contributed by atoms with E-state index in [0.29, 0.717) is 6.04 Å². The number of aromatic nitrogens is 2. The second kappa shape index (κ2) is 5.28. The number of rotatable bonds is 3. The van der Waals surface area contributed by atoms with Gasteiger partial charge in [0.15, 0.2) is 0 Å². The number of imidazole rings is 1. The fourth-order valence-electron chi connectivity index (χ4n) is 3.27. The monoisotopic (exact) mass is 297 g/mol. The topological polar surface area (TPSA) is 29.9 Å². The summed E-state index contributed by atoms with van der Waals surface area (Å²) in [6, 6.07) is 11.1. The Morgan fingerprint density at radius 2 is 2.24 bits per heavy atom. The van der Waals surface area contributed by atoms with Crippen molar-refractivity contribution in [2.24, 2.45) is 7.05 Å². The molecule has 1 aliphatic rings. The maximum Gasteiger partial charge on any atom is 0.123 e. The molecule has 0 aliphatic heterocycles. The summed E-state index contributed by atoms with van der Waals surface area (Å²) in [5.74, 6) is 1.11. The van der Waals surface area contributed by atoms with Gasteiger partial charge in [-0.2, -0.15) is 0 Å². The summed E-state index contributed by atoms with van der Waals surface area (Å²) in [4.78, 5) is 6.30. The van der Waals surface area contributed by atoms with Crippen LogP contribution < -0.4 is 5.32 Å². The van der Waals surface area contributed by atoms with E-state index in [2.05, 4.69) is 46.6 Å². The van der Waals surface area contributed by atoms with Crippen molar-refractivity contribution in [2.75, 3.05) is 0 Å². The van der Waals surface area contributed by atoms with Gasteiger partial charge in [-0.3, -0.25) is 0 Å². The number of aryl methyl sites for hydroxylation is 2. The molecule has 1 atom stereocenters. The molecule has 0 saturated carbocycles. The minimum Gasteiger partial charge on any atom is -0.330 e. The molecular formula is C17H19N3S. The second-order valence-corrected chi connectivity index (χ2v) is 6.70. The van der Waals surface area contributed by atoms with Crippen LogP contribution in [0.25, 0.3) is 11.0 Å². The molecular weight excluding hydrogens is 278 g/mol.